The van der Waals surface area contributed by atoms with Gasteiger partial charge in [-0.2, -0.15) is 0 Å². The van der Waals surface area contributed by atoms with Gasteiger partial charge in [0.15, 0.2) is 5.13 Å². The van der Waals surface area contributed by atoms with Crippen molar-refractivity contribution in [1.82, 2.24) is 4.98 Å². The number of methoxy groups -OCH3 is 1. The van der Waals surface area contributed by atoms with Crippen LogP contribution in [0, 0.1) is 6.92 Å². The van der Waals surface area contributed by atoms with Crippen molar-refractivity contribution in [3.63, 3.8) is 0 Å². The minimum Gasteiger partial charge on any atom is -0.507 e. The number of aryl methyl sites for hydroxylation is 1. The van der Waals surface area contributed by atoms with E-state index >= 15 is 0 Å². The summed E-state index contributed by atoms with van der Waals surface area (Å²) in [6.45, 7) is 5.17. The number of amides is 1. The number of Topliss-reactive ketones (excluding diaryl/α,β-unsaturated/α-hetero) is 1. The average Bonchev–Trinajstić information content (AvgIpc) is 3.39. The molecule has 1 aliphatic rings. The maximum absolute atomic E-state index is 13.3. The Labute approximate surface area is 205 Å². The van der Waals surface area contributed by atoms with Crippen molar-refractivity contribution in [2.24, 2.45) is 0 Å². The molecule has 0 saturated carbocycles. The number of hydrogen-bond donors (Lipinski definition) is 1. The molecule has 2 aromatic carbocycles. The van der Waals surface area contributed by atoms with Crippen LogP contribution >= 0.6 is 11.3 Å². The summed E-state index contributed by atoms with van der Waals surface area (Å²) in [4.78, 5) is 44.8. The number of carbonyl (C=O) groups excluding carboxylic acids is 3. The summed E-state index contributed by atoms with van der Waals surface area (Å²) in [5.74, 6) is -2.13. The van der Waals surface area contributed by atoms with Crippen LogP contribution in [0.3, 0.4) is 0 Å². The summed E-state index contributed by atoms with van der Waals surface area (Å²) in [6, 6.07) is 14.4. The minimum absolute atomic E-state index is 0.0247. The van der Waals surface area contributed by atoms with Gasteiger partial charge in [0.25, 0.3) is 5.78 Å². The van der Waals surface area contributed by atoms with Crippen molar-refractivity contribution in [2.45, 2.75) is 13.0 Å². The molecule has 1 fully saturated rings. The topological polar surface area (TPSA) is 106 Å². The number of esters is 1. The number of ether oxygens (including phenoxy) is 2. The molecule has 9 heteroatoms. The van der Waals surface area contributed by atoms with Gasteiger partial charge in [-0.1, -0.05) is 66.5 Å². The minimum atomic E-state index is -0.993. The van der Waals surface area contributed by atoms with Crippen LogP contribution in [0.2, 0.25) is 0 Å². The lowest BCUT2D eigenvalue weighted by atomic mass is 9.95. The van der Waals surface area contributed by atoms with Gasteiger partial charge >= 0.3 is 11.9 Å². The Morgan fingerprint density at radius 2 is 1.94 bits per heavy atom. The quantitative estimate of drug-likeness (QED) is 0.172. The lowest BCUT2D eigenvalue weighted by Crippen LogP contribution is -2.29. The van der Waals surface area contributed by atoms with Crippen LogP contribution in [0.1, 0.15) is 32.5 Å². The first-order valence-corrected chi connectivity index (χ1v) is 11.4. The van der Waals surface area contributed by atoms with Gasteiger partial charge in [-0.15, -0.1) is 0 Å². The average molecular weight is 491 g/mol. The van der Waals surface area contributed by atoms with Crippen LogP contribution in [-0.2, 0) is 14.3 Å². The first kappa shape index (κ1) is 23.9. The molecule has 2 heterocycles. The molecule has 8 nitrogen and oxygen atoms in total. The van der Waals surface area contributed by atoms with Crippen molar-refractivity contribution in [3.8, 4) is 5.75 Å². The molecule has 35 heavy (non-hydrogen) atoms. The summed E-state index contributed by atoms with van der Waals surface area (Å²) in [7, 11) is 1.51. The third-order valence-electron chi connectivity index (χ3n) is 5.41. The lowest BCUT2D eigenvalue weighted by molar-refractivity contribution is -0.132. The second kappa shape index (κ2) is 9.94. The van der Waals surface area contributed by atoms with Crippen LogP contribution in [0.5, 0.6) is 5.75 Å². The van der Waals surface area contributed by atoms with Crippen molar-refractivity contribution >= 4 is 39.9 Å². The Bertz CT molecular complexity index is 1340. The monoisotopic (exact) mass is 490 g/mol. The third kappa shape index (κ3) is 4.45. The molecule has 1 aliphatic heterocycles. The van der Waals surface area contributed by atoms with E-state index in [9.17, 15) is 19.5 Å². The first-order valence-electron chi connectivity index (χ1n) is 10.6. The zero-order valence-electron chi connectivity index (χ0n) is 19.1. The highest BCUT2D eigenvalue weighted by Gasteiger charge is 2.48. The molecule has 0 radical (unpaired) electrons. The summed E-state index contributed by atoms with van der Waals surface area (Å²) in [6.07, 6.45) is 1.44. The third-order valence-corrected chi connectivity index (χ3v) is 6.55. The predicted octanol–water partition coefficient (Wildman–Crippen LogP) is 4.43. The maximum Gasteiger partial charge on any atom is 0.350 e. The molecule has 1 saturated heterocycles. The number of benzene rings is 2. The highest BCUT2D eigenvalue weighted by Crippen LogP contribution is 2.44. The summed E-state index contributed by atoms with van der Waals surface area (Å²) >= 11 is 0.936. The Kier molecular flexibility index (Phi) is 6.79. The zero-order chi connectivity index (χ0) is 25.1. The largest absolute Gasteiger partial charge is 0.507 e. The van der Waals surface area contributed by atoms with Crippen molar-refractivity contribution < 1.29 is 29.0 Å². The number of aromatic nitrogens is 1. The molecule has 0 unspecified atom stereocenters. The number of anilines is 1. The second-order valence-electron chi connectivity index (χ2n) is 7.61. The molecule has 1 N–H and O–H groups in total. The van der Waals surface area contributed by atoms with Gasteiger partial charge in [0.05, 0.1) is 24.4 Å². The fourth-order valence-corrected chi connectivity index (χ4v) is 4.77. The summed E-state index contributed by atoms with van der Waals surface area (Å²) in [5, 5.41) is 11.3. The van der Waals surface area contributed by atoms with Gasteiger partial charge in [0.1, 0.15) is 23.0 Å². The zero-order valence-corrected chi connectivity index (χ0v) is 19.9. The smallest absolute Gasteiger partial charge is 0.350 e. The molecule has 0 bridgehead atoms. The van der Waals surface area contributed by atoms with E-state index in [0.29, 0.717) is 22.6 Å². The number of nitrogens with zero attached hydrogens (tertiary/aromatic N) is 2. The first-order chi connectivity index (χ1) is 16.9. The standard InChI is InChI=1S/C26H22N2O6S/c1-4-13-34-25(32)23-15(2)27-26(35-23)28-20(17-11-8-12-18(14-17)33-3)19(22(30)24(28)31)21(29)16-9-6-5-7-10-16/h4-12,14,20,29H,1,13H2,2-3H3/t20-/m1/s1. The van der Waals surface area contributed by atoms with Crippen LogP contribution in [0.15, 0.2) is 72.8 Å². The normalized spacial score (nSPS) is 16.9. The number of ketones is 1. The van der Waals surface area contributed by atoms with E-state index in [2.05, 4.69) is 11.6 Å². The Morgan fingerprint density at radius 3 is 2.63 bits per heavy atom. The van der Waals surface area contributed by atoms with Crippen molar-refractivity contribution in [1.29, 1.82) is 0 Å². The van der Waals surface area contributed by atoms with E-state index < -0.39 is 23.7 Å². The highest BCUT2D eigenvalue weighted by molar-refractivity contribution is 7.17. The molecule has 1 atom stereocenters. The molecule has 4 rings (SSSR count). The second-order valence-corrected chi connectivity index (χ2v) is 8.59. The van der Waals surface area contributed by atoms with Crippen LogP contribution < -0.4 is 9.64 Å². The van der Waals surface area contributed by atoms with Gasteiger partial charge in [0, 0.05) is 5.56 Å². The fraction of sp³-hybridized carbons (Fsp3) is 0.154. The molecule has 178 valence electrons. The maximum atomic E-state index is 13.3. The van der Waals surface area contributed by atoms with Crippen LogP contribution in [0.25, 0.3) is 5.76 Å². The highest BCUT2D eigenvalue weighted by atomic mass is 32.1. The van der Waals surface area contributed by atoms with Gasteiger partial charge in [0.2, 0.25) is 0 Å². The molecule has 1 amide bonds. The molecule has 0 spiro atoms. The lowest BCUT2D eigenvalue weighted by Gasteiger charge is -2.23. The number of aliphatic hydroxyl groups is 1. The number of hydrogen-bond acceptors (Lipinski definition) is 8. The fourth-order valence-electron chi connectivity index (χ4n) is 3.78. The number of carbonyl (C=O) groups is 3. The van der Waals surface area contributed by atoms with E-state index in [1.807, 2.05) is 0 Å². The van der Waals surface area contributed by atoms with Crippen LogP contribution in [-0.4, -0.2) is 41.5 Å². The van der Waals surface area contributed by atoms with E-state index in [-0.39, 0.29) is 27.9 Å². The van der Waals surface area contributed by atoms with Crippen molar-refractivity contribution in [2.75, 3.05) is 18.6 Å². The van der Waals surface area contributed by atoms with E-state index in [0.717, 1.165) is 11.3 Å². The van der Waals surface area contributed by atoms with Gasteiger partial charge < -0.3 is 14.6 Å². The Morgan fingerprint density at radius 1 is 1.20 bits per heavy atom. The summed E-state index contributed by atoms with van der Waals surface area (Å²) < 4.78 is 10.5. The van der Waals surface area contributed by atoms with Crippen molar-refractivity contribution in [3.05, 3.63) is 94.5 Å². The molecular weight excluding hydrogens is 468 g/mol. The Hall–Kier alpha value is -4.24. The molecule has 0 aliphatic carbocycles. The van der Waals surface area contributed by atoms with Gasteiger partial charge in [-0.05, 0) is 24.6 Å². The number of thiazole rings is 1. The van der Waals surface area contributed by atoms with E-state index in [1.54, 1.807) is 61.5 Å². The molecular formula is C26H22N2O6S. The van der Waals surface area contributed by atoms with Gasteiger partial charge in [-0.3, -0.25) is 14.5 Å². The van der Waals surface area contributed by atoms with Crippen LogP contribution in [0.4, 0.5) is 5.13 Å². The summed E-state index contributed by atoms with van der Waals surface area (Å²) in [5.41, 5.74) is 1.19. The number of rotatable bonds is 7. The predicted molar refractivity (Wildman–Crippen MR) is 132 cm³/mol. The molecule has 1 aromatic heterocycles. The molecule has 3 aromatic rings. The number of aliphatic hydroxyl groups excluding tert-OH is 1. The van der Waals surface area contributed by atoms with Gasteiger partial charge in [-0.25, -0.2) is 9.78 Å². The van der Waals surface area contributed by atoms with E-state index in [1.165, 1.54) is 18.1 Å². The Balaban J connectivity index is 1.89. The van der Waals surface area contributed by atoms with E-state index in [4.69, 9.17) is 9.47 Å². The SMILES string of the molecule is C=CCOC(=O)c1sc(N2C(=O)C(=O)C(=C(O)c3ccccc3)[C@H]2c2cccc(OC)c2)nc1C.